The molecule has 1 aromatic heterocycles. The van der Waals surface area contributed by atoms with Crippen molar-refractivity contribution in [1.82, 2.24) is 15.3 Å². The Morgan fingerprint density at radius 2 is 2.20 bits per heavy atom. The van der Waals surface area contributed by atoms with Crippen LogP contribution in [-0.2, 0) is 4.84 Å². The van der Waals surface area contributed by atoms with Gasteiger partial charge in [-0.25, -0.2) is 10.2 Å². The molecular formula is C14H16ClN3O2. The molecule has 0 atom stereocenters. The number of carbonyl (C=O) groups excluding carboxylic acids is 1. The minimum absolute atomic E-state index is 0.120. The fourth-order valence-electron chi connectivity index (χ4n) is 2.05. The molecule has 0 saturated carbocycles. The van der Waals surface area contributed by atoms with Gasteiger partial charge in [-0.3, -0.25) is 9.63 Å². The Morgan fingerprint density at radius 1 is 1.45 bits per heavy atom. The molecular weight excluding hydrogens is 278 g/mol. The van der Waals surface area contributed by atoms with Crippen molar-refractivity contribution in [3.8, 4) is 5.69 Å². The molecule has 0 aliphatic heterocycles. The lowest BCUT2D eigenvalue weighted by Gasteiger charge is -2.12. The Hall–Kier alpha value is -1.85. The number of halogens is 1. The minimum atomic E-state index is -0.315. The minimum Gasteiger partial charge on any atom is -0.277 e. The van der Waals surface area contributed by atoms with Crippen LogP contribution in [0.2, 0.25) is 5.02 Å². The van der Waals surface area contributed by atoms with Gasteiger partial charge in [0.1, 0.15) is 0 Å². The summed E-state index contributed by atoms with van der Waals surface area (Å²) in [7, 11) is 1.40. The highest BCUT2D eigenvalue weighted by Gasteiger charge is 2.20. The van der Waals surface area contributed by atoms with Crippen molar-refractivity contribution in [3.05, 3.63) is 46.7 Å². The molecule has 1 amide bonds. The number of rotatable bonds is 4. The van der Waals surface area contributed by atoms with Crippen molar-refractivity contribution in [3.63, 3.8) is 0 Å². The van der Waals surface area contributed by atoms with Gasteiger partial charge in [-0.2, -0.15) is 5.10 Å². The monoisotopic (exact) mass is 293 g/mol. The quantitative estimate of drug-likeness (QED) is 0.882. The van der Waals surface area contributed by atoms with Crippen molar-refractivity contribution >= 4 is 17.5 Å². The van der Waals surface area contributed by atoms with E-state index in [0.29, 0.717) is 10.6 Å². The molecule has 5 nitrogen and oxygen atoms in total. The number of nitrogens with one attached hydrogen (secondary N) is 1. The van der Waals surface area contributed by atoms with E-state index in [9.17, 15) is 4.79 Å². The van der Waals surface area contributed by atoms with Crippen LogP contribution >= 0.6 is 11.6 Å². The first kappa shape index (κ1) is 14.6. The molecule has 6 heteroatoms. The lowest BCUT2D eigenvalue weighted by Crippen LogP contribution is -2.23. The van der Waals surface area contributed by atoms with E-state index in [1.807, 2.05) is 26.0 Å². The van der Waals surface area contributed by atoms with E-state index in [1.165, 1.54) is 13.3 Å². The van der Waals surface area contributed by atoms with Crippen LogP contribution in [0.1, 0.15) is 35.8 Å². The molecule has 1 N–H and O–H groups in total. The van der Waals surface area contributed by atoms with E-state index in [-0.39, 0.29) is 11.8 Å². The lowest BCUT2D eigenvalue weighted by molar-refractivity contribution is 0.0536. The van der Waals surface area contributed by atoms with E-state index in [4.69, 9.17) is 11.6 Å². The third kappa shape index (κ3) is 2.84. The van der Waals surface area contributed by atoms with Crippen molar-refractivity contribution in [1.29, 1.82) is 0 Å². The molecule has 0 saturated heterocycles. The van der Waals surface area contributed by atoms with Gasteiger partial charge in [-0.15, -0.1) is 0 Å². The molecule has 1 heterocycles. The molecule has 0 aliphatic carbocycles. The highest BCUT2D eigenvalue weighted by atomic mass is 35.5. The summed E-state index contributed by atoms with van der Waals surface area (Å²) in [6.07, 6.45) is 1.53. The number of hydroxylamine groups is 1. The number of amides is 1. The van der Waals surface area contributed by atoms with Gasteiger partial charge in [0.2, 0.25) is 0 Å². The molecule has 0 aliphatic rings. The average molecular weight is 294 g/mol. The number of hydrogen-bond acceptors (Lipinski definition) is 3. The molecule has 0 radical (unpaired) electrons. The van der Waals surface area contributed by atoms with Crippen LogP contribution in [-0.4, -0.2) is 22.8 Å². The predicted octanol–water partition coefficient (Wildman–Crippen LogP) is 2.94. The number of benzene rings is 1. The Kier molecular flexibility index (Phi) is 4.42. The molecule has 2 rings (SSSR count). The zero-order valence-corrected chi connectivity index (χ0v) is 12.3. The summed E-state index contributed by atoms with van der Waals surface area (Å²) in [5.41, 5.74) is 4.43. The van der Waals surface area contributed by atoms with Crippen molar-refractivity contribution in [2.24, 2.45) is 0 Å². The summed E-state index contributed by atoms with van der Waals surface area (Å²) in [6.45, 7) is 4.00. The number of nitrogens with zero attached hydrogens (tertiary/aromatic N) is 2. The van der Waals surface area contributed by atoms with Crippen LogP contribution in [0.5, 0.6) is 0 Å². The van der Waals surface area contributed by atoms with Gasteiger partial charge >= 0.3 is 0 Å². The molecule has 106 valence electrons. The van der Waals surface area contributed by atoms with Crippen LogP contribution < -0.4 is 5.48 Å². The fraction of sp³-hybridized carbons (Fsp3) is 0.286. The molecule has 0 fully saturated rings. The van der Waals surface area contributed by atoms with E-state index < -0.39 is 0 Å². The standard InChI is InChI=1S/C14H16ClN3O2/c1-9(2)13-12(14(19)17-20-3)8-16-18(13)11-6-4-5-10(15)7-11/h4-9H,1-3H3,(H,17,19). The van der Waals surface area contributed by atoms with Gasteiger partial charge in [0.15, 0.2) is 0 Å². The smallest absolute Gasteiger partial charge is 0.277 e. The second-order valence-electron chi connectivity index (χ2n) is 4.63. The fourth-order valence-corrected chi connectivity index (χ4v) is 2.23. The SMILES string of the molecule is CONC(=O)c1cnn(-c2cccc(Cl)c2)c1C(C)C. The van der Waals surface area contributed by atoms with Crippen LogP contribution in [0, 0.1) is 0 Å². The summed E-state index contributed by atoms with van der Waals surface area (Å²) in [4.78, 5) is 16.6. The molecule has 0 spiro atoms. The molecule has 20 heavy (non-hydrogen) atoms. The second-order valence-corrected chi connectivity index (χ2v) is 5.06. The van der Waals surface area contributed by atoms with Crippen LogP contribution in [0.3, 0.4) is 0 Å². The first-order valence-electron chi connectivity index (χ1n) is 6.21. The average Bonchev–Trinajstić information content (AvgIpc) is 2.83. The molecule has 0 unspecified atom stereocenters. The maximum atomic E-state index is 12.0. The lowest BCUT2D eigenvalue weighted by atomic mass is 10.1. The van der Waals surface area contributed by atoms with E-state index in [1.54, 1.807) is 16.8 Å². The second kappa shape index (κ2) is 6.07. The topological polar surface area (TPSA) is 56.1 Å². The Morgan fingerprint density at radius 3 is 2.80 bits per heavy atom. The Labute approximate surface area is 122 Å². The number of carbonyl (C=O) groups is 1. The van der Waals surface area contributed by atoms with Crippen LogP contribution in [0.15, 0.2) is 30.5 Å². The highest BCUT2D eigenvalue weighted by molar-refractivity contribution is 6.30. The van der Waals surface area contributed by atoms with Crippen LogP contribution in [0.4, 0.5) is 0 Å². The zero-order chi connectivity index (χ0) is 14.7. The van der Waals surface area contributed by atoms with E-state index >= 15 is 0 Å². The van der Waals surface area contributed by atoms with Crippen molar-refractivity contribution in [2.75, 3.05) is 7.11 Å². The van der Waals surface area contributed by atoms with E-state index in [0.717, 1.165) is 11.4 Å². The van der Waals surface area contributed by atoms with Gasteiger partial charge in [0.05, 0.1) is 30.3 Å². The van der Waals surface area contributed by atoms with Crippen LogP contribution in [0.25, 0.3) is 5.69 Å². The first-order valence-corrected chi connectivity index (χ1v) is 6.59. The maximum Gasteiger partial charge on any atom is 0.278 e. The third-order valence-corrected chi connectivity index (χ3v) is 3.08. The first-order chi connectivity index (χ1) is 9.54. The van der Waals surface area contributed by atoms with Gasteiger partial charge in [-0.05, 0) is 24.1 Å². The summed E-state index contributed by atoms with van der Waals surface area (Å²) >= 11 is 6.01. The van der Waals surface area contributed by atoms with Gasteiger partial charge in [0.25, 0.3) is 5.91 Å². The number of aromatic nitrogens is 2. The normalized spacial score (nSPS) is 10.8. The predicted molar refractivity (Wildman–Crippen MR) is 77.1 cm³/mol. The van der Waals surface area contributed by atoms with Crippen molar-refractivity contribution < 1.29 is 9.63 Å². The van der Waals surface area contributed by atoms with Gasteiger partial charge in [-0.1, -0.05) is 31.5 Å². The molecule has 2 aromatic rings. The molecule has 1 aromatic carbocycles. The third-order valence-electron chi connectivity index (χ3n) is 2.85. The molecule has 0 bridgehead atoms. The summed E-state index contributed by atoms with van der Waals surface area (Å²) in [5.74, 6) is -0.196. The Bertz CT molecular complexity index is 623. The summed E-state index contributed by atoms with van der Waals surface area (Å²) in [5, 5.41) is 4.91. The van der Waals surface area contributed by atoms with E-state index in [2.05, 4.69) is 15.4 Å². The van der Waals surface area contributed by atoms with Gasteiger partial charge in [0, 0.05) is 5.02 Å². The summed E-state index contributed by atoms with van der Waals surface area (Å²) < 4.78 is 1.72. The number of hydrogen-bond donors (Lipinski definition) is 1. The Balaban J connectivity index is 2.52. The highest BCUT2D eigenvalue weighted by Crippen LogP contribution is 2.24. The summed E-state index contributed by atoms with van der Waals surface area (Å²) in [6, 6.07) is 7.34. The van der Waals surface area contributed by atoms with Gasteiger partial charge < -0.3 is 0 Å². The maximum absolute atomic E-state index is 12.0. The zero-order valence-electron chi connectivity index (χ0n) is 11.6. The largest absolute Gasteiger partial charge is 0.278 e. The van der Waals surface area contributed by atoms with Crippen molar-refractivity contribution in [2.45, 2.75) is 19.8 Å².